The van der Waals surface area contributed by atoms with Crippen molar-refractivity contribution in [2.75, 3.05) is 30.1 Å². The highest BCUT2D eigenvalue weighted by molar-refractivity contribution is 8.01. The van der Waals surface area contributed by atoms with Gasteiger partial charge in [0.05, 0.1) is 5.03 Å². The monoisotopic (exact) mass is 346 g/mol. The quantitative estimate of drug-likeness (QED) is 0.774. The molecule has 0 saturated carbocycles. The van der Waals surface area contributed by atoms with Crippen LogP contribution in [0.2, 0.25) is 0 Å². The first-order valence-corrected chi connectivity index (χ1v) is 10.7. The van der Waals surface area contributed by atoms with Crippen molar-refractivity contribution in [3.8, 4) is 0 Å². The Kier molecular flexibility index (Phi) is 5.56. The van der Waals surface area contributed by atoms with Gasteiger partial charge in [0.15, 0.2) is 9.84 Å². The predicted octanol–water partition coefficient (Wildman–Crippen LogP) is 1.75. The fraction of sp³-hybridized carbons (Fsp3) is 0.538. The topological polar surface area (TPSA) is 67.3 Å². The highest BCUT2D eigenvalue weighted by Gasteiger charge is 2.34. The highest BCUT2D eigenvalue weighted by atomic mass is 32.2. The van der Waals surface area contributed by atoms with Crippen LogP contribution in [-0.2, 0) is 9.84 Å². The summed E-state index contributed by atoms with van der Waals surface area (Å²) >= 11 is 3.12. The largest absolute Gasteiger partial charge is 0.320 e. The minimum atomic E-state index is -3.28. The van der Waals surface area contributed by atoms with Crippen molar-refractivity contribution < 1.29 is 13.2 Å². The van der Waals surface area contributed by atoms with Gasteiger partial charge in [0.25, 0.3) is 5.91 Å². The summed E-state index contributed by atoms with van der Waals surface area (Å²) in [6.07, 6.45) is 2.79. The Labute approximate surface area is 133 Å². The van der Waals surface area contributed by atoms with Crippen LogP contribution in [0.4, 0.5) is 0 Å². The molecule has 0 aromatic carbocycles. The van der Waals surface area contributed by atoms with E-state index in [2.05, 4.69) is 4.98 Å². The van der Waals surface area contributed by atoms with Gasteiger partial charge in [-0.1, -0.05) is 6.92 Å². The smallest absolute Gasteiger partial charge is 0.255 e. The third-order valence-corrected chi connectivity index (χ3v) is 6.56. The summed E-state index contributed by atoms with van der Waals surface area (Å²) in [5.74, 6) is 1.84. The summed E-state index contributed by atoms with van der Waals surface area (Å²) < 4.78 is 23.8. The molecule has 1 amide bonds. The van der Waals surface area contributed by atoms with E-state index < -0.39 is 15.2 Å². The second-order valence-electron chi connectivity index (χ2n) is 4.67. The average molecular weight is 346 g/mol. The number of rotatable bonds is 4. The predicted molar refractivity (Wildman–Crippen MR) is 87.6 cm³/mol. The molecule has 2 heterocycles. The summed E-state index contributed by atoms with van der Waals surface area (Å²) in [5.41, 5.74) is 0.501. The molecular formula is C13H18N2O3S3. The molecule has 0 unspecified atom stereocenters. The Balaban J connectivity index is 2.27. The molecule has 0 spiro atoms. The van der Waals surface area contributed by atoms with Crippen molar-refractivity contribution in [3.05, 3.63) is 23.9 Å². The normalized spacial score (nSPS) is 19.5. The molecule has 1 atom stereocenters. The number of hydrogen-bond acceptors (Lipinski definition) is 6. The molecule has 2 rings (SSSR count). The molecule has 1 aliphatic rings. The minimum Gasteiger partial charge on any atom is -0.320 e. The molecule has 116 valence electrons. The number of carbonyl (C=O) groups is 1. The number of hydrogen-bond donors (Lipinski definition) is 0. The third-order valence-electron chi connectivity index (χ3n) is 3.11. The van der Waals surface area contributed by atoms with Crippen LogP contribution in [0.1, 0.15) is 17.3 Å². The summed E-state index contributed by atoms with van der Waals surface area (Å²) in [7, 11) is -3.28. The van der Waals surface area contributed by atoms with Gasteiger partial charge in [0.2, 0.25) is 0 Å². The van der Waals surface area contributed by atoms with Gasteiger partial charge in [-0.15, -0.1) is 11.8 Å². The Morgan fingerprint density at radius 1 is 1.57 bits per heavy atom. The van der Waals surface area contributed by atoms with Gasteiger partial charge in [-0.25, -0.2) is 13.4 Å². The number of amides is 1. The Hall–Kier alpha value is -0.730. The molecule has 1 aromatic rings. The second kappa shape index (κ2) is 7.02. The van der Waals surface area contributed by atoms with E-state index in [0.29, 0.717) is 17.9 Å². The molecule has 21 heavy (non-hydrogen) atoms. The fourth-order valence-electron chi connectivity index (χ4n) is 2.10. The van der Waals surface area contributed by atoms with Crippen molar-refractivity contribution in [1.82, 2.24) is 9.88 Å². The van der Waals surface area contributed by atoms with Crippen LogP contribution in [0.5, 0.6) is 0 Å². The highest BCUT2D eigenvalue weighted by Crippen LogP contribution is 2.23. The first-order valence-electron chi connectivity index (χ1n) is 6.60. The zero-order chi connectivity index (χ0) is 15.5. The molecule has 1 fully saturated rings. The van der Waals surface area contributed by atoms with Crippen molar-refractivity contribution in [2.24, 2.45) is 0 Å². The maximum atomic E-state index is 12.6. The molecule has 8 heteroatoms. The third kappa shape index (κ3) is 4.14. The molecule has 5 nitrogen and oxygen atoms in total. The van der Waals surface area contributed by atoms with E-state index >= 15 is 0 Å². The van der Waals surface area contributed by atoms with Gasteiger partial charge in [-0.2, -0.15) is 11.8 Å². The minimum absolute atomic E-state index is 0.230. The molecule has 0 aliphatic carbocycles. The first kappa shape index (κ1) is 16.6. The van der Waals surface area contributed by atoms with E-state index in [4.69, 9.17) is 0 Å². The number of sulfone groups is 1. The van der Waals surface area contributed by atoms with Crippen LogP contribution in [0.3, 0.4) is 0 Å². The van der Waals surface area contributed by atoms with Crippen LogP contribution in [0.25, 0.3) is 0 Å². The summed E-state index contributed by atoms with van der Waals surface area (Å²) in [6, 6.07) is 3.38. The van der Waals surface area contributed by atoms with Gasteiger partial charge in [0, 0.05) is 36.1 Å². The number of nitrogens with zero attached hydrogens (tertiary/aromatic N) is 2. The SMILES string of the molecule is CCSc1cc(C(=O)N2CCSC[C@H]2S(C)(=O)=O)ccn1. The molecule has 0 radical (unpaired) electrons. The first-order chi connectivity index (χ1) is 9.93. The molecule has 1 saturated heterocycles. The van der Waals surface area contributed by atoms with Crippen LogP contribution in [-0.4, -0.2) is 59.6 Å². The van der Waals surface area contributed by atoms with Crippen LogP contribution in [0, 0.1) is 0 Å². The number of aromatic nitrogens is 1. The van der Waals surface area contributed by atoms with Gasteiger partial charge < -0.3 is 4.90 Å². The zero-order valence-corrected chi connectivity index (χ0v) is 14.4. The molecule has 0 bridgehead atoms. The summed E-state index contributed by atoms with van der Waals surface area (Å²) in [6.45, 7) is 2.47. The Bertz CT molecular complexity index is 619. The van der Waals surface area contributed by atoms with Gasteiger partial charge >= 0.3 is 0 Å². The molecule has 1 aliphatic heterocycles. The van der Waals surface area contributed by atoms with Gasteiger partial charge in [0.1, 0.15) is 5.37 Å². The lowest BCUT2D eigenvalue weighted by Crippen LogP contribution is -2.49. The van der Waals surface area contributed by atoms with Crippen LogP contribution < -0.4 is 0 Å². The van der Waals surface area contributed by atoms with Crippen molar-refractivity contribution in [1.29, 1.82) is 0 Å². The van der Waals surface area contributed by atoms with Crippen molar-refractivity contribution >= 4 is 39.3 Å². The maximum absolute atomic E-state index is 12.6. The maximum Gasteiger partial charge on any atom is 0.255 e. The zero-order valence-electron chi connectivity index (χ0n) is 12.0. The van der Waals surface area contributed by atoms with Crippen LogP contribution >= 0.6 is 23.5 Å². The molecule has 0 N–H and O–H groups in total. The lowest BCUT2D eigenvalue weighted by atomic mass is 10.2. The standard InChI is InChI=1S/C13H18N2O3S3/c1-3-20-11-8-10(4-5-14-11)13(16)15-6-7-19-9-12(15)21(2,17)18/h4-5,8,12H,3,6-7,9H2,1-2H3/t12-/m1/s1. The molecular weight excluding hydrogens is 328 g/mol. The average Bonchev–Trinajstić information content (AvgIpc) is 2.46. The van der Waals surface area contributed by atoms with E-state index in [1.165, 1.54) is 11.2 Å². The Morgan fingerprint density at radius 2 is 2.33 bits per heavy atom. The number of carbonyl (C=O) groups excluding carboxylic acids is 1. The summed E-state index contributed by atoms with van der Waals surface area (Å²) in [4.78, 5) is 18.3. The van der Waals surface area contributed by atoms with Gasteiger partial charge in [-0.3, -0.25) is 4.79 Å². The van der Waals surface area contributed by atoms with E-state index in [9.17, 15) is 13.2 Å². The van der Waals surface area contributed by atoms with E-state index in [-0.39, 0.29) is 5.91 Å². The van der Waals surface area contributed by atoms with E-state index in [1.54, 1.807) is 41.9 Å². The molecule has 1 aromatic heterocycles. The second-order valence-corrected chi connectivity index (χ2v) is 9.31. The van der Waals surface area contributed by atoms with Crippen LogP contribution in [0.15, 0.2) is 23.4 Å². The number of thioether (sulfide) groups is 2. The lowest BCUT2D eigenvalue weighted by molar-refractivity contribution is 0.0749. The van der Waals surface area contributed by atoms with Gasteiger partial charge in [-0.05, 0) is 17.9 Å². The van der Waals surface area contributed by atoms with E-state index in [1.807, 2.05) is 6.92 Å². The van der Waals surface area contributed by atoms with Crippen molar-refractivity contribution in [3.63, 3.8) is 0 Å². The lowest BCUT2D eigenvalue weighted by Gasteiger charge is -2.34. The van der Waals surface area contributed by atoms with Crippen molar-refractivity contribution in [2.45, 2.75) is 17.3 Å². The van der Waals surface area contributed by atoms with E-state index in [0.717, 1.165) is 16.5 Å². The summed E-state index contributed by atoms with van der Waals surface area (Å²) in [5, 5.41) is 0.0461. The number of pyridine rings is 1. The Morgan fingerprint density at radius 3 is 3.00 bits per heavy atom. The fourth-order valence-corrected chi connectivity index (χ4v) is 5.56.